The molecule has 25 heavy (non-hydrogen) atoms. The minimum absolute atomic E-state index is 0.257. The van der Waals surface area contributed by atoms with Crippen molar-refractivity contribution in [2.24, 2.45) is 0 Å². The lowest BCUT2D eigenvalue weighted by Gasteiger charge is -2.20. The van der Waals surface area contributed by atoms with Gasteiger partial charge in [-0.2, -0.15) is 4.68 Å². The van der Waals surface area contributed by atoms with Gasteiger partial charge in [-0.1, -0.05) is 0 Å². The third kappa shape index (κ3) is 5.56. The Labute approximate surface area is 147 Å². The van der Waals surface area contributed by atoms with E-state index in [-0.39, 0.29) is 4.90 Å². The molecular weight excluding hydrogens is 346 g/mol. The van der Waals surface area contributed by atoms with Gasteiger partial charge in [-0.3, -0.25) is 4.90 Å². The summed E-state index contributed by atoms with van der Waals surface area (Å²) in [4.78, 5) is 2.38. The highest BCUT2D eigenvalue weighted by molar-refractivity contribution is 7.90. The molecule has 1 heterocycles. The highest BCUT2D eigenvalue weighted by atomic mass is 32.2. The Balaban J connectivity index is 2.17. The summed E-state index contributed by atoms with van der Waals surface area (Å²) in [5.41, 5.74) is 0.700. The van der Waals surface area contributed by atoms with Crippen molar-refractivity contribution in [3.63, 3.8) is 0 Å². The summed E-state index contributed by atoms with van der Waals surface area (Å²) < 4.78 is 35.0. The van der Waals surface area contributed by atoms with Crippen LogP contribution < -0.4 is 0 Å². The first kappa shape index (κ1) is 19.4. The molecule has 10 heteroatoms. The predicted molar refractivity (Wildman–Crippen MR) is 91.3 cm³/mol. The Morgan fingerprint density at radius 2 is 1.68 bits per heavy atom. The van der Waals surface area contributed by atoms with E-state index in [9.17, 15) is 8.42 Å². The monoisotopic (exact) mass is 369 g/mol. The lowest BCUT2D eigenvalue weighted by atomic mass is 10.3. The quantitative estimate of drug-likeness (QED) is 0.584. The first-order valence-corrected chi connectivity index (χ1v) is 9.63. The maximum atomic E-state index is 11.6. The van der Waals surface area contributed by atoms with E-state index >= 15 is 0 Å². The second-order valence-electron chi connectivity index (χ2n) is 5.53. The number of tetrazole rings is 1. The van der Waals surface area contributed by atoms with Crippen LogP contribution in [0.4, 0.5) is 0 Å². The number of nitrogens with zero attached hydrogens (tertiary/aromatic N) is 5. The second kappa shape index (κ2) is 8.99. The molecule has 9 nitrogen and oxygen atoms in total. The van der Waals surface area contributed by atoms with Crippen molar-refractivity contribution in [2.45, 2.75) is 11.4 Å². The van der Waals surface area contributed by atoms with Crippen LogP contribution in [-0.2, 0) is 25.9 Å². The molecule has 0 aliphatic rings. The Hall–Kier alpha value is -1.88. The van der Waals surface area contributed by atoms with E-state index in [1.807, 2.05) is 0 Å². The first-order valence-electron chi connectivity index (χ1n) is 7.73. The molecule has 0 radical (unpaired) electrons. The van der Waals surface area contributed by atoms with E-state index in [2.05, 4.69) is 20.4 Å². The standard InChI is InChI=1S/C15H23N5O4S/c1-23-10-8-19(9-11-24-2)12-15-16-17-18-20(15)13-4-6-14(7-5-13)25(3,21)22/h4-7H,8-12H2,1-3H3. The van der Waals surface area contributed by atoms with Crippen molar-refractivity contribution < 1.29 is 17.9 Å². The SMILES string of the molecule is COCCN(CCOC)Cc1nnnn1-c1ccc(S(C)(=O)=O)cc1. The molecule has 0 aliphatic heterocycles. The van der Waals surface area contributed by atoms with Crippen LogP contribution in [0, 0.1) is 0 Å². The summed E-state index contributed by atoms with van der Waals surface area (Å²) in [7, 11) is 0.0743. The smallest absolute Gasteiger partial charge is 0.175 e. The van der Waals surface area contributed by atoms with Crippen LogP contribution in [0.1, 0.15) is 5.82 Å². The molecule has 0 atom stereocenters. The van der Waals surface area contributed by atoms with Gasteiger partial charge in [-0.05, 0) is 34.7 Å². The number of aromatic nitrogens is 4. The Morgan fingerprint density at radius 3 is 2.20 bits per heavy atom. The second-order valence-corrected chi connectivity index (χ2v) is 7.55. The number of ether oxygens (including phenoxy) is 2. The molecule has 0 amide bonds. The third-order valence-electron chi connectivity index (χ3n) is 3.63. The van der Waals surface area contributed by atoms with Gasteiger partial charge in [0.05, 0.1) is 30.3 Å². The van der Waals surface area contributed by atoms with Crippen molar-refractivity contribution >= 4 is 9.84 Å². The predicted octanol–water partition coefficient (Wildman–Crippen LogP) is 0.161. The molecule has 0 unspecified atom stereocenters. The van der Waals surface area contributed by atoms with Crippen molar-refractivity contribution in [1.29, 1.82) is 0 Å². The van der Waals surface area contributed by atoms with Crippen LogP contribution in [0.3, 0.4) is 0 Å². The summed E-state index contributed by atoms with van der Waals surface area (Å²) in [6.07, 6.45) is 1.17. The van der Waals surface area contributed by atoms with Crippen LogP contribution >= 0.6 is 0 Å². The fourth-order valence-electron chi connectivity index (χ4n) is 2.25. The zero-order valence-electron chi connectivity index (χ0n) is 14.6. The topological polar surface area (TPSA) is 99.4 Å². The summed E-state index contributed by atoms with van der Waals surface area (Å²) in [5, 5.41) is 11.8. The van der Waals surface area contributed by atoms with Crippen LogP contribution in [0.25, 0.3) is 5.69 Å². The molecule has 0 bridgehead atoms. The van der Waals surface area contributed by atoms with E-state index in [0.717, 1.165) is 13.1 Å². The highest BCUT2D eigenvalue weighted by Crippen LogP contribution is 2.14. The van der Waals surface area contributed by atoms with Gasteiger partial charge in [0.15, 0.2) is 15.7 Å². The van der Waals surface area contributed by atoms with Gasteiger partial charge in [0, 0.05) is 33.6 Å². The van der Waals surface area contributed by atoms with Gasteiger partial charge >= 0.3 is 0 Å². The molecule has 0 saturated heterocycles. The number of benzene rings is 1. The minimum Gasteiger partial charge on any atom is -0.383 e. The molecule has 0 N–H and O–H groups in total. The molecule has 138 valence electrons. The maximum absolute atomic E-state index is 11.6. The van der Waals surface area contributed by atoms with Crippen LogP contribution in [0.15, 0.2) is 29.2 Å². The first-order chi connectivity index (χ1) is 12.0. The van der Waals surface area contributed by atoms with E-state index in [1.165, 1.54) is 6.26 Å². The van der Waals surface area contributed by atoms with Gasteiger partial charge in [0.2, 0.25) is 0 Å². The van der Waals surface area contributed by atoms with Crippen LogP contribution in [-0.4, -0.2) is 80.3 Å². The largest absolute Gasteiger partial charge is 0.383 e. The number of hydrogen-bond donors (Lipinski definition) is 0. The fraction of sp³-hybridized carbons (Fsp3) is 0.533. The molecule has 1 aromatic heterocycles. The fourth-order valence-corrected chi connectivity index (χ4v) is 2.88. The van der Waals surface area contributed by atoms with Crippen molar-refractivity contribution in [3.05, 3.63) is 30.1 Å². The van der Waals surface area contributed by atoms with Crippen molar-refractivity contribution in [2.75, 3.05) is 46.8 Å². The molecule has 2 rings (SSSR count). The lowest BCUT2D eigenvalue weighted by Crippen LogP contribution is -2.31. The molecule has 0 fully saturated rings. The number of sulfone groups is 1. The normalized spacial score (nSPS) is 12.0. The maximum Gasteiger partial charge on any atom is 0.175 e. The highest BCUT2D eigenvalue weighted by Gasteiger charge is 2.14. The molecule has 0 aliphatic carbocycles. The molecule has 2 aromatic rings. The van der Waals surface area contributed by atoms with Gasteiger partial charge in [0.25, 0.3) is 0 Å². The van der Waals surface area contributed by atoms with Gasteiger partial charge < -0.3 is 9.47 Å². The average Bonchev–Trinajstić information content (AvgIpc) is 3.04. The zero-order valence-corrected chi connectivity index (χ0v) is 15.4. The van der Waals surface area contributed by atoms with Gasteiger partial charge in [-0.15, -0.1) is 5.10 Å². The summed E-state index contributed by atoms with van der Waals surface area (Å²) >= 11 is 0. The summed E-state index contributed by atoms with van der Waals surface area (Å²) in [6.45, 7) is 3.15. The molecule has 1 aromatic carbocycles. The Morgan fingerprint density at radius 1 is 1.08 bits per heavy atom. The molecule has 0 saturated carbocycles. The lowest BCUT2D eigenvalue weighted by molar-refractivity contribution is 0.108. The Kier molecular flexibility index (Phi) is 7.00. The molecular formula is C15H23N5O4S. The number of methoxy groups -OCH3 is 2. The Bertz CT molecular complexity index is 752. The summed E-state index contributed by atoms with van der Waals surface area (Å²) in [6, 6.07) is 6.46. The van der Waals surface area contributed by atoms with Crippen LogP contribution in [0.5, 0.6) is 0 Å². The third-order valence-corrected chi connectivity index (χ3v) is 4.76. The van der Waals surface area contributed by atoms with Gasteiger partial charge in [0.1, 0.15) is 0 Å². The van der Waals surface area contributed by atoms with Crippen LogP contribution in [0.2, 0.25) is 0 Å². The van der Waals surface area contributed by atoms with E-state index in [4.69, 9.17) is 9.47 Å². The van der Waals surface area contributed by atoms with Crippen molar-refractivity contribution in [3.8, 4) is 5.69 Å². The van der Waals surface area contributed by atoms with E-state index < -0.39 is 9.84 Å². The summed E-state index contributed by atoms with van der Waals surface area (Å²) in [5.74, 6) is 0.652. The number of rotatable bonds is 10. The zero-order chi connectivity index (χ0) is 18.3. The number of hydrogen-bond acceptors (Lipinski definition) is 8. The minimum atomic E-state index is -3.24. The molecule has 0 spiro atoms. The van der Waals surface area contributed by atoms with Crippen molar-refractivity contribution in [1.82, 2.24) is 25.1 Å². The average molecular weight is 369 g/mol. The van der Waals surface area contributed by atoms with Gasteiger partial charge in [-0.25, -0.2) is 8.42 Å². The van der Waals surface area contributed by atoms with E-state index in [0.29, 0.717) is 31.3 Å². The van der Waals surface area contributed by atoms with E-state index in [1.54, 1.807) is 43.2 Å².